The lowest BCUT2D eigenvalue weighted by Crippen LogP contribution is -2.46. The van der Waals surface area contributed by atoms with Crippen LogP contribution in [-0.2, 0) is 4.79 Å². The van der Waals surface area contributed by atoms with E-state index in [1.807, 2.05) is 30.3 Å². The van der Waals surface area contributed by atoms with Crippen molar-refractivity contribution in [3.63, 3.8) is 0 Å². The molecule has 0 aliphatic heterocycles. The fraction of sp³-hybridized carbons (Fsp3) is 0.0526. The molecule has 2 aromatic carbocycles. The lowest BCUT2D eigenvalue weighted by Gasteiger charge is -2.08. The Morgan fingerprint density at radius 3 is 2.41 bits per heavy atom. The molecule has 148 valence electrons. The van der Waals surface area contributed by atoms with Gasteiger partial charge in [0.25, 0.3) is 17.7 Å². The summed E-state index contributed by atoms with van der Waals surface area (Å²) >= 11 is 0. The Hall–Kier alpha value is -4.08. The SMILES string of the molecule is O=C(CNC(=O)c1ccc(F)cc1F)NNC(=O)c1cc(-c2ccccc2)n[nH]1. The topological polar surface area (TPSA) is 116 Å². The van der Waals surface area contributed by atoms with Gasteiger partial charge >= 0.3 is 0 Å². The Balaban J connectivity index is 1.48. The van der Waals surface area contributed by atoms with E-state index in [9.17, 15) is 23.2 Å². The van der Waals surface area contributed by atoms with E-state index < -0.39 is 41.5 Å². The third kappa shape index (κ3) is 5.01. The van der Waals surface area contributed by atoms with Crippen LogP contribution in [-0.4, -0.2) is 34.5 Å². The molecule has 0 saturated carbocycles. The largest absolute Gasteiger partial charge is 0.343 e. The first-order valence-electron chi connectivity index (χ1n) is 8.37. The molecular weight excluding hydrogens is 384 g/mol. The molecule has 29 heavy (non-hydrogen) atoms. The molecule has 0 atom stereocenters. The number of nitrogens with zero attached hydrogens (tertiary/aromatic N) is 1. The van der Waals surface area contributed by atoms with Gasteiger partial charge in [0.15, 0.2) is 0 Å². The number of aromatic amines is 1. The molecule has 0 fully saturated rings. The maximum absolute atomic E-state index is 13.5. The second kappa shape index (κ2) is 8.74. The number of nitrogens with one attached hydrogen (secondary N) is 4. The predicted molar refractivity (Wildman–Crippen MR) is 98.3 cm³/mol. The third-order valence-corrected chi connectivity index (χ3v) is 3.79. The Kier molecular flexibility index (Phi) is 5.93. The van der Waals surface area contributed by atoms with Crippen molar-refractivity contribution in [1.82, 2.24) is 26.4 Å². The van der Waals surface area contributed by atoms with E-state index in [1.54, 1.807) is 0 Å². The quantitative estimate of drug-likeness (QED) is 0.487. The number of amides is 3. The molecule has 8 nitrogen and oxygen atoms in total. The van der Waals surface area contributed by atoms with E-state index in [4.69, 9.17) is 0 Å². The molecule has 0 saturated heterocycles. The van der Waals surface area contributed by atoms with Crippen molar-refractivity contribution in [2.24, 2.45) is 0 Å². The van der Waals surface area contributed by atoms with E-state index in [0.717, 1.165) is 17.7 Å². The molecule has 0 aliphatic carbocycles. The Morgan fingerprint density at radius 1 is 0.931 bits per heavy atom. The molecule has 10 heteroatoms. The summed E-state index contributed by atoms with van der Waals surface area (Å²) in [5, 5.41) is 8.74. The minimum Gasteiger partial charge on any atom is -0.343 e. The number of hydrazine groups is 1. The van der Waals surface area contributed by atoms with E-state index in [-0.39, 0.29) is 5.69 Å². The molecule has 0 spiro atoms. The van der Waals surface area contributed by atoms with Crippen LogP contribution >= 0.6 is 0 Å². The lowest BCUT2D eigenvalue weighted by molar-refractivity contribution is -0.120. The summed E-state index contributed by atoms with van der Waals surface area (Å²) in [6, 6.07) is 13.1. The van der Waals surface area contributed by atoms with Gasteiger partial charge in [0.2, 0.25) is 0 Å². The first-order valence-corrected chi connectivity index (χ1v) is 8.37. The first kappa shape index (κ1) is 19.7. The zero-order valence-corrected chi connectivity index (χ0v) is 14.8. The number of carbonyl (C=O) groups is 3. The van der Waals surface area contributed by atoms with Crippen LogP contribution in [0.1, 0.15) is 20.8 Å². The number of H-pyrrole nitrogens is 1. The van der Waals surface area contributed by atoms with Crippen molar-refractivity contribution in [2.75, 3.05) is 6.54 Å². The van der Waals surface area contributed by atoms with Gasteiger partial charge in [0, 0.05) is 11.6 Å². The van der Waals surface area contributed by atoms with Crippen LogP contribution in [0.5, 0.6) is 0 Å². The van der Waals surface area contributed by atoms with Crippen molar-refractivity contribution in [2.45, 2.75) is 0 Å². The number of rotatable bonds is 5. The maximum atomic E-state index is 13.5. The highest BCUT2D eigenvalue weighted by Crippen LogP contribution is 2.16. The molecule has 0 radical (unpaired) electrons. The van der Waals surface area contributed by atoms with E-state index >= 15 is 0 Å². The molecule has 0 aliphatic rings. The number of hydrogen-bond donors (Lipinski definition) is 4. The van der Waals surface area contributed by atoms with Crippen molar-refractivity contribution >= 4 is 17.7 Å². The molecule has 0 unspecified atom stereocenters. The smallest absolute Gasteiger partial charge is 0.287 e. The van der Waals surface area contributed by atoms with E-state index in [0.29, 0.717) is 11.8 Å². The molecule has 3 rings (SSSR count). The van der Waals surface area contributed by atoms with Gasteiger partial charge in [0.05, 0.1) is 17.8 Å². The first-order chi connectivity index (χ1) is 13.9. The summed E-state index contributed by atoms with van der Waals surface area (Å²) in [6.45, 7) is -0.534. The van der Waals surface area contributed by atoms with Gasteiger partial charge in [-0.25, -0.2) is 8.78 Å². The highest BCUT2D eigenvalue weighted by atomic mass is 19.1. The van der Waals surface area contributed by atoms with Gasteiger partial charge in [-0.1, -0.05) is 30.3 Å². The number of halogens is 2. The van der Waals surface area contributed by atoms with Gasteiger partial charge in [-0.2, -0.15) is 5.10 Å². The fourth-order valence-corrected chi connectivity index (χ4v) is 2.36. The molecule has 1 aromatic heterocycles. The predicted octanol–water partition coefficient (Wildman–Crippen LogP) is 1.55. The molecule has 3 amide bonds. The van der Waals surface area contributed by atoms with Crippen LogP contribution in [0.4, 0.5) is 8.78 Å². The minimum absolute atomic E-state index is 0.113. The molecule has 4 N–H and O–H groups in total. The van der Waals surface area contributed by atoms with Crippen LogP contribution in [0.3, 0.4) is 0 Å². The average molecular weight is 399 g/mol. The summed E-state index contributed by atoms with van der Waals surface area (Å²) < 4.78 is 26.4. The third-order valence-electron chi connectivity index (χ3n) is 3.79. The van der Waals surface area contributed by atoms with Crippen LogP contribution in [0.15, 0.2) is 54.6 Å². The highest BCUT2D eigenvalue weighted by molar-refractivity contribution is 5.97. The number of carbonyl (C=O) groups excluding carboxylic acids is 3. The second-order valence-electron chi connectivity index (χ2n) is 5.84. The summed E-state index contributed by atoms with van der Waals surface area (Å²) in [4.78, 5) is 35.6. The van der Waals surface area contributed by atoms with Crippen LogP contribution in [0.2, 0.25) is 0 Å². The summed E-state index contributed by atoms with van der Waals surface area (Å²) in [5.74, 6) is -4.18. The molecular formula is C19H15F2N5O3. The second-order valence-corrected chi connectivity index (χ2v) is 5.84. The van der Waals surface area contributed by atoms with Gasteiger partial charge in [0.1, 0.15) is 17.3 Å². The molecule has 0 bridgehead atoms. The van der Waals surface area contributed by atoms with Gasteiger partial charge < -0.3 is 5.32 Å². The standard InChI is InChI=1S/C19H15F2N5O3/c20-12-6-7-13(14(21)8-12)18(28)22-10-17(27)25-26-19(29)16-9-15(23-24-16)11-4-2-1-3-5-11/h1-9H,10H2,(H,22,28)(H,23,24)(H,25,27)(H,26,29). The summed E-state index contributed by atoms with van der Waals surface area (Å²) in [5.41, 5.74) is 5.33. The summed E-state index contributed by atoms with van der Waals surface area (Å²) in [6.07, 6.45) is 0. The van der Waals surface area contributed by atoms with Crippen LogP contribution in [0.25, 0.3) is 11.3 Å². The highest BCUT2D eigenvalue weighted by Gasteiger charge is 2.15. The zero-order chi connectivity index (χ0) is 20.8. The van der Waals surface area contributed by atoms with Crippen molar-refractivity contribution in [3.8, 4) is 11.3 Å². The maximum Gasteiger partial charge on any atom is 0.287 e. The minimum atomic E-state index is -1.05. The Bertz CT molecular complexity index is 1050. The van der Waals surface area contributed by atoms with Gasteiger partial charge in [-0.15, -0.1) is 0 Å². The normalized spacial score (nSPS) is 10.3. The van der Waals surface area contributed by atoms with Gasteiger partial charge in [-0.3, -0.25) is 30.3 Å². The van der Waals surface area contributed by atoms with Gasteiger partial charge in [-0.05, 0) is 18.2 Å². The zero-order valence-electron chi connectivity index (χ0n) is 14.8. The van der Waals surface area contributed by atoms with Crippen LogP contribution in [0, 0.1) is 11.6 Å². The van der Waals surface area contributed by atoms with Crippen molar-refractivity contribution in [3.05, 3.63) is 77.5 Å². The van der Waals surface area contributed by atoms with Crippen molar-refractivity contribution < 1.29 is 23.2 Å². The Morgan fingerprint density at radius 2 is 1.69 bits per heavy atom. The van der Waals surface area contributed by atoms with Crippen molar-refractivity contribution in [1.29, 1.82) is 0 Å². The number of benzene rings is 2. The lowest BCUT2D eigenvalue weighted by atomic mass is 10.1. The summed E-state index contributed by atoms with van der Waals surface area (Å²) in [7, 11) is 0. The van der Waals surface area contributed by atoms with Crippen LogP contribution < -0.4 is 16.2 Å². The van der Waals surface area contributed by atoms with E-state index in [2.05, 4.69) is 26.4 Å². The number of hydrogen-bond acceptors (Lipinski definition) is 4. The average Bonchev–Trinajstić information content (AvgIpc) is 3.21. The fourth-order valence-electron chi connectivity index (χ4n) is 2.36. The molecule has 1 heterocycles. The number of aromatic nitrogens is 2. The molecule has 3 aromatic rings. The monoisotopic (exact) mass is 399 g/mol. The van der Waals surface area contributed by atoms with E-state index in [1.165, 1.54) is 6.07 Å². The Labute approximate surface area is 163 Å².